The molecule has 0 saturated heterocycles. The molecule has 0 bridgehead atoms. The lowest BCUT2D eigenvalue weighted by Gasteiger charge is -2.13. The Morgan fingerprint density at radius 1 is 1.15 bits per heavy atom. The van der Waals surface area contributed by atoms with Gasteiger partial charge in [-0.1, -0.05) is 6.07 Å². The highest BCUT2D eigenvalue weighted by Crippen LogP contribution is 2.30. The Morgan fingerprint density at radius 3 is 2.50 bits per heavy atom. The Morgan fingerprint density at radius 2 is 1.85 bits per heavy atom. The normalized spacial score (nSPS) is 10.4. The van der Waals surface area contributed by atoms with Crippen LogP contribution in [-0.2, 0) is 0 Å². The average Bonchev–Trinajstić information content (AvgIpc) is 2.35. The number of aryl methyl sites for hydroxylation is 3. The largest absolute Gasteiger partial charge is 0.477 e. The highest BCUT2D eigenvalue weighted by atomic mass is 16.5. The van der Waals surface area contributed by atoms with E-state index in [4.69, 9.17) is 4.74 Å². The molecule has 4 nitrogen and oxygen atoms in total. The summed E-state index contributed by atoms with van der Waals surface area (Å²) in [6, 6.07) is 5.60. The fourth-order valence-electron chi connectivity index (χ4n) is 2.08. The second kappa shape index (κ2) is 5.33. The van der Waals surface area contributed by atoms with Gasteiger partial charge in [-0.15, -0.1) is 0 Å². The van der Waals surface area contributed by atoms with E-state index in [0.29, 0.717) is 11.3 Å². The van der Waals surface area contributed by atoms with Crippen LogP contribution in [0.4, 0.5) is 0 Å². The SMILES string of the molecule is Cc1cc(C)c(C)c(Oc2nccc(C)c2C(=O)O)c1. The number of benzene rings is 1. The molecule has 0 radical (unpaired) electrons. The van der Waals surface area contributed by atoms with Crippen LogP contribution in [0, 0.1) is 27.7 Å². The van der Waals surface area contributed by atoms with Gasteiger partial charge in [-0.3, -0.25) is 0 Å². The first-order valence-electron chi connectivity index (χ1n) is 6.34. The molecule has 2 aromatic rings. The third kappa shape index (κ3) is 2.64. The van der Waals surface area contributed by atoms with Crippen molar-refractivity contribution in [2.45, 2.75) is 27.7 Å². The lowest BCUT2D eigenvalue weighted by Crippen LogP contribution is -2.05. The van der Waals surface area contributed by atoms with Crippen LogP contribution in [0.2, 0.25) is 0 Å². The van der Waals surface area contributed by atoms with E-state index in [1.165, 1.54) is 0 Å². The van der Waals surface area contributed by atoms with E-state index in [0.717, 1.165) is 16.7 Å². The molecule has 0 amide bonds. The topological polar surface area (TPSA) is 59.4 Å². The molecule has 0 aliphatic rings. The third-order valence-electron chi connectivity index (χ3n) is 3.31. The molecule has 0 atom stereocenters. The molecule has 1 N–H and O–H groups in total. The number of carbonyl (C=O) groups is 1. The first kappa shape index (κ1) is 14.1. The Labute approximate surface area is 118 Å². The summed E-state index contributed by atoms with van der Waals surface area (Å²) in [5, 5.41) is 9.28. The lowest BCUT2D eigenvalue weighted by atomic mass is 10.1. The van der Waals surface area contributed by atoms with Gasteiger partial charge in [-0.05, 0) is 62.1 Å². The lowest BCUT2D eigenvalue weighted by molar-refractivity contribution is 0.0692. The van der Waals surface area contributed by atoms with Crippen LogP contribution in [0.15, 0.2) is 24.4 Å². The average molecular weight is 271 g/mol. The van der Waals surface area contributed by atoms with Crippen molar-refractivity contribution in [1.29, 1.82) is 0 Å². The molecule has 1 aromatic carbocycles. The molecule has 1 aromatic heterocycles. The van der Waals surface area contributed by atoms with Crippen molar-refractivity contribution in [1.82, 2.24) is 4.98 Å². The summed E-state index contributed by atoms with van der Waals surface area (Å²) in [5.74, 6) is -0.263. The minimum Gasteiger partial charge on any atom is -0.477 e. The maximum atomic E-state index is 11.3. The van der Waals surface area contributed by atoms with E-state index in [1.54, 1.807) is 19.2 Å². The number of carboxylic acid groups (broad SMARTS) is 1. The highest BCUT2D eigenvalue weighted by Gasteiger charge is 2.17. The minimum atomic E-state index is -1.03. The maximum absolute atomic E-state index is 11.3. The van der Waals surface area contributed by atoms with Crippen LogP contribution in [0.3, 0.4) is 0 Å². The molecule has 0 saturated carbocycles. The van der Waals surface area contributed by atoms with Crippen molar-refractivity contribution in [3.63, 3.8) is 0 Å². The van der Waals surface area contributed by atoms with Gasteiger partial charge in [-0.2, -0.15) is 0 Å². The molecule has 1 heterocycles. The van der Waals surface area contributed by atoms with Crippen LogP contribution in [0.25, 0.3) is 0 Å². The molecule has 0 unspecified atom stereocenters. The van der Waals surface area contributed by atoms with E-state index in [1.807, 2.05) is 26.8 Å². The standard InChI is InChI=1S/C16H17NO3/c1-9-7-11(3)12(4)13(8-9)20-15-14(16(18)19)10(2)5-6-17-15/h5-8H,1-4H3,(H,18,19). The molecule has 2 rings (SSSR count). The van der Waals surface area contributed by atoms with Gasteiger partial charge in [0.2, 0.25) is 5.88 Å². The van der Waals surface area contributed by atoms with Crippen LogP contribution >= 0.6 is 0 Å². The zero-order valence-electron chi connectivity index (χ0n) is 12.0. The number of carboxylic acids is 1. The van der Waals surface area contributed by atoms with E-state index < -0.39 is 5.97 Å². The van der Waals surface area contributed by atoms with Crippen LogP contribution in [0.5, 0.6) is 11.6 Å². The third-order valence-corrected chi connectivity index (χ3v) is 3.31. The molecular weight excluding hydrogens is 254 g/mol. The Kier molecular flexibility index (Phi) is 3.74. The van der Waals surface area contributed by atoms with Gasteiger partial charge in [0.25, 0.3) is 0 Å². The second-order valence-electron chi connectivity index (χ2n) is 4.92. The monoisotopic (exact) mass is 271 g/mol. The van der Waals surface area contributed by atoms with Gasteiger partial charge >= 0.3 is 5.97 Å². The first-order chi connectivity index (χ1) is 9.40. The number of ether oxygens (including phenoxy) is 1. The molecule has 0 fully saturated rings. The fraction of sp³-hybridized carbons (Fsp3) is 0.250. The Bertz CT molecular complexity index is 678. The Hall–Kier alpha value is -2.36. The fourth-order valence-corrected chi connectivity index (χ4v) is 2.08. The number of hydrogen-bond acceptors (Lipinski definition) is 3. The van der Waals surface area contributed by atoms with E-state index in [9.17, 15) is 9.90 Å². The zero-order valence-corrected chi connectivity index (χ0v) is 12.0. The van der Waals surface area contributed by atoms with Crippen molar-refractivity contribution in [3.8, 4) is 11.6 Å². The van der Waals surface area contributed by atoms with Crippen molar-refractivity contribution >= 4 is 5.97 Å². The Balaban J connectivity index is 2.51. The van der Waals surface area contributed by atoms with Crippen molar-refractivity contribution in [3.05, 3.63) is 52.2 Å². The predicted octanol–water partition coefficient (Wildman–Crippen LogP) is 3.81. The van der Waals surface area contributed by atoms with Crippen LogP contribution in [0.1, 0.15) is 32.6 Å². The van der Waals surface area contributed by atoms with Gasteiger partial charge in [0.1, 0.15) is 11.3 Å². The number of hydrogen-bond donors (Lipinski definition) is 1. The van der Waals surface area contributed by atoms with E-state index in [2.05, 4.69) is 11.1 Å². The summed E-state index contributed by atoms with van der Waals surface area (Å²) >= 11 is 0. The summed E-state index contributed by atoms with van der Waals surface area (Å²) < 4.78 is 5.75. The number of rotatable bonds is 3. The zero-order chi connectivity index (χ0) is 14.9. The number of nitrogens with zero attached hydrogens (tertiary/aromatic N) is 1. The van der Waals surface area contributed by atoms with Crippen LogP contribution in [-0.4, -0.2) is 16.1 Å². The van der Waals surface area contributed by atoms with Gasteiger partial charge in [0.05, 0.1) is 0 Å². The van der Waals surface area contributed by atoms with Crippen LogP contribution < -0.4 is 4.74 Å². The molecule has 0 spiro atoms. The van der Waals surface area contributed by atoms with Crippen molar-refractivity contribution in [2.75, 3.05) is 0 Å². The van der Waals surface area contributed by atoms with Gasteiger partial charge in [-0.25, -0.2) is 9.78 Å². The molecule has 4 heteroatoms. The number of aromatic carboxylic acids is 1. The van der Waals surface area contributed by atoms with E-state index >= 15 is 0 Å². The van der Waals surface area contributed by atoms with E-state index in [-0.39, 0.29) is 11.4 Å². The first-order valence-corrected chi connectivity index (χ1v) is 6.34. The quantitative estimate of drug-likeness (QED) is 0.922. The van der Waals surface area contributed by atoms with Crippen molar-refractivity contribution in [2.24, 2.45) is 0 Å². The maximum Gasteiger partial charge on any atom is 0.341 e. The van der Waals surface area contributed by atoms with Gasteiger partial charge < -0.3 is 9.84 Å². The highest BCUT2D eigenvalue weighted by molar-refractivity contribution is 5.91. The molecule has 0 aliphatic heterocycles. The second-order valence-corrected chi connectivity index (χ2v) is 4.92. The summed E-state index contributed by atoms with van der Waals surface area (Å²) in [6.45, 7) is 7.64. The van der Waals surface area contributed by atoms with Gasteiger partial charge in [0, 0.05) is 6.20 Å². The summed E-state index contributed by atoms with van der Waals surface area (Å²) in [6.07, 6.45) is 1.55. The predicted molar refractivity (Wildman–Crippen MR) is 76.7 cm³/mol. The number of pyridine rings is 1. The van der Waals surface area contributed by atoms with Crippen molar-refractivity contribution < 1.29 is 14.6 Å². The van der Waals surface area contributed by atoms with Gasteiger partial charge in [0.15, 0.2) is 0 Å². The smallest absolute Gasteiger partial charge is 0.341 e. The molecule has 20 heavy (non-hydrogen) atoms. The molecule has 104 valence electrons. The summed E-state index contributed by atoms with van der Waals surface area (Å²) in [7, 11) is 0. The molecule has 0 aliphatic carbocycles. The molecular formula is C16H17NO3. The summed E-state index contributed by atoms with van der Waals surface area (Å²) in [4.78, 5) is 15.4. The summed E-state index contributed by atoms with van der Waals surface area (Å²) in [5.41, 5.74) is 3.88. The number of aromatic nitrogens is 1. The minimum absolute atomic E-state index is 0.103.